The molecule has 0 spiro atoms. The van der Waals surface area contributed by atoms with E-state index in [0.717, 1.165) is 5.92 Å². The zero-order chi connectivity index (χ0) is 9.90. The summed E-state index contributed by atoms with van der Waals surface area (Å²) in [6.07, 6.45) is 4.93. The number of aliphatic hydroxyl groups is 1. The molecule has 1 fully saturated rings. The Labute approximate surface area is 81.7 Å². The number of aliphatic hydroxyl groups excluding tert-OH is 1. The molecule has 0 amide bonds. The van der Waals surface area contributed by atoms with Crippen molar-refractivity contribution in [3.8, 4) is 0 Å². The molecule has 0 unspecified atom stereocenters. The van der Waals surface area contributed by atoms with E-state index in [2.05, 4.69) is 19.2 Å². The normalized spacial score (nSPS) is 30.5. The van der Waals surface area contributed by atoms with Gasteiger partial charge in [-0.15, -0.1) is 0 Å². The zero-order valence-corrected chi connectivity index (χ0v) is 9.14. The Morgan fingerprint density at radius 1 is 1.23 bits per heavy atom. The summed E-state index contributed by atoms with van der Waals surface area (Å²) in [5.74, 6) is 1.35. The van der Waals surface area contributed by atoms with Crippen molar-refractivity contribution in [3.05, 3.63) is 0 Å². The average Bonchev–Trinajstić information content (AvgIpc) is 2.18. The van der Waals surface area contributed by atoms with Crippen LogP contribution in [0.25, 0.3) is 0 Å². The molecule has 1 rings (SSSR count). The molecule has 2 nitrogen and oxygen atoms in total. The van der Waals surface area contributed by atoms with E-state index in [0.29, 0.717) is 12.5 Å². The van der Waals surface area contributed by atoms with Crippen molar-refractivity contribution in [2.75, 3.05) is 13.7 Å². The highest BCUT2D eigenvalue weighted by atomic mass is 16.3. The van der Waals surface area contributed by atoms with Crippen molar-refractivity contribution < 1.29 is 5.11 Å². The van der Waals surface area contributed by atoms with Crippen LogP contribution in [0.2, 0.25) is 0 Å². The fourth-order valence-corrected chi connectivity index (χ4v) is 2.27. The molecule has 0 atom stereocenters. The van der Waals surface area contributed by atoms with Gasteiger partial charge in [0.15, 0.2) is 0 Å². The van der Waals surface area contributed by atoms with Crippen LogP contribution in [0.1, 0.15) is 39.5 Å². The molecule has 0 bridgehead atoms. The molecule has 0 aromatic heterocycles. The van der Waals surface area contributed by atoms with Crippen LogP contribution in [0.5, 0.6) is 0 Å². The van der Waals surface area contributed by atoms with Crippen molar-refractivity contribution in [1.29, 1.82) is 0 Å². The smallest absolute Gasteiger partial charge is 0.0459 e. The van der Waals surface area contributed by atoms with Crippen molar-refractivity contribution >= 4 is 0 Å². The summed E-state index contributed by atoms with van der Waals surface area (Å²) >= 11 is 0. The van der Waals surface area contributed by atoms with Gasteiger partial charge in [-0.25, -0.2) is 0 Å². The van der Waals surface area contributed by atoms with E-state index in [1.54, 1.807) is 0 Å². The first-order valence-corrected chi connectivity index (χ1v) is 5.40. The molecule has 0 heterocycles. The Hall–Kier alpha value is -0.0800. The quantitative estimate of drug-likeness (QED) is 0.702. The molecule has 2 heteroatoms. The van der Waals surface area contributed by atoms with Gasteiger partial charge in [-0.3, -0.25) is 0 Å². The van der Waals surface area contributed by atoms with E-state index in [-0.39, 0.29) is 5.54 Å². The van der Waals surface area contributed by atoms with Crippen LogP contribution in [0.15, 0.2) is 0 Å². The maximum atomic E-state index is 9.02. The van der Waals surface area contributed by atoms with Crippen LogP contribution in [-0.2, 0) is 0 Å². The minimum atomic E-state index is 0.264. The van der Waals surface area contributed by atoms with Crippen LogP contribution in [0.3, 0.4) is 0 Å². The van der Waals surface area contributed by atoms with Gasteiger partial charge in [0, 0.05) is 12.1 Å². The molecule has 13 heavy (non-hydrogen) atoms. The predicted molar refractivity (Wildman–Crippen MR) is 55.7 cm³/mol. The van der Waals surface area contributed by atoms with Crippen molar-refractivity contribution in [2.45, 2.75) is 45.1 Å². The summed E-state index contributed by atoms with van der Waals surface area (Å²) in [6, 6.07) is 0. The van der Waals surface area contributed by atoms with Gasteiger partial charge in [0.2, 0.25) is 0 Å². The molecule has 1 aliphatic carbocycles. The van der Waals surface area contributed by atoms with Gasteiger partial charge in [0.1, 0.15) is 0 Å². The van der Waals surface area contributed by atoms with Crippen molar-refractivity contribution in [3.63, 3.8) is 0 Å². The lowest BCUT2D eigenvalue weighted by molar-refractivity contribution is 0.129. The molecule has 78 valence electrons. The first kappa shape index (κ1) is 11.0. The molecule has 1 aliphatic rings. The third-order valence-corrected chi connectivity index (χ3v) is 3.77. The van der Waals surface area contributed by atoms with E-state index >= 15 is 0 Å². The highest BCUT2D eigenvalue weighted by Gasteiger charge is 2.31. The van der Waals surface area contributed by atoms with Gasteiger partial charge in [-0.2, -0.15) is 0 Å². The summed E-state index contributed by atoms with van der Waals surface area (Å²) in [5, 5.41) is 12.4. The Bertz CT molecular complexity index is 148. The monoisotopic (exact) mass is 185 g/mol. The summed E-state index contributed by atoms with van der Waals surface area (Å²) < 4.78 is 0. The first-order chi connectivity index (χ1) is 6.10. The van der Waals surface area contributed by atoms with Gasteiger partial charge in [-0.1, -0.05) is 0 Å². The molecule has 2 N–H and O–H groups in total. The van der Waals surface area contributed by atoms with Crippen LogP contribution < -0.4 is 5.32 Å². The van der Waals surface area contributed by atoms with Crippen molar-refractivity contribution in [1.82, 2.24) is 5.32 Å². The van der Waals surface area contributed by atoms with E-state index < -0.39 is 0 Å². The number of rotatable bonds is 3. The third kappa shape index (κ3) is 2.68. The molecule has 1 saturated carbocycles. The van der Waals surface area contributed by atoms with Crippen molar-refractivity contribution in [2.24, 2.45) is 11.8 Å². The minimum Gasteiger partial charge on any atom is -0.396 e. The van der Waals surface area contributed by atoms with Crippen LogP contribution in [0, 0.1) is 11.8 Å². The number of nitrogens with one attached hydrogen (secondary N) is 1. The van der Waals surface area contributed by atoms with Gasteiger partial charge in [0.25, 0.3) is 0 Å². The largest absolute Gasteiger partial charge is 0.396 e. The van der Waals surface area contributed by atoms with Gasteiger partial charge >= 0.3 is 0 Å². The minimum absolute atomic E-state index is 0.264. The van der Waals surface area contributed by atoms with Gasteiger partial charge < -0.3 is 10.4 Å². The standard InChI is InChI=1S/C11H23NO/c1-11(2,12-3)10-6-4-9(8-13)5-7-10/h9-10,12-13H,4-8H2,1-3H3. The molecular formula is C11H23NO. The molecule has 0 saturated heterocycles. The maximum Gasteiger partial charge on any atom is 0.0459 e. The summed E-state index contributed by atoms with van der Waals surface area (Å²) in [7, 11) is 2.04. The topological polar surface area (TPSA) is 32.3 Å². The van der Waals surface area contributed by atoms with E-state index in [9.17, 15) is 0 Å². The van der Waals surface area contributed by atoms with Crippen LogP contribution in [0.4, 0.5) is 0 Å². The molecular weight excluding hydrogens is 162 g/mol. The van der Waals surface area contributed by atoms with E-state index in [1.165, 1.54) is 25.7 Å². The van der Waals surface area contributed by atoms with Gasteiger partial charge in [0.05, 0.1) is 0 Å². The second-order valence-electron chi connectivity index (χ2n) is 4.87. The van der Waals surface area contributed by atoms with Gasteiger partial charge in [-0.05, 0) is 58.4 Å². The SMILES string of the molecule is CNC(C)(C)C1CCC(CO)CC1. The Morgan fingerprint density at radius 2 is 1.77 bits per heavy atom. The average molecular weight is 185 g/mol. The fourth-order valence-electron chi connectivity index (χ4n) is 2.27. The second-order valence-corrected chi connectivity index (χ2v) is 4.87. The molecule has 0 aliphatic heterocycles. The Kier molecular flexibility index (Phi) is 3.74. The summed E-state index contributed by atoms with van der Waals surface area (Å²) in [4.78, 5) is 0. The fraction of sp³-hybridized carbons (Fsp3) is 1.00. The number of hydrogen-bond donors (Lipinski definition) is 2. The first-order valence-electron chi connectivity index (χ1n) is 5.40. The highest BCUT2D eigenvalue weighted by molar-refractivity contribution is 4.88. The van der Waals surface area contributed by atoms with E-state index in [4.69, 9.17) is 5.11 Å². The second kappa shape index (κ2) is 4.43. The lowest BCUT2D eigenvalue weighted by Crippen LogP contribution is -2.45. The molecule has 0 radical (unpaired) electrons. The Balaban J connectivity index is 2.40. The number of hydrogen-bond acceptors (Lipinski definition) is 2. The predicted octanol–water partition coefficient (Wildman–Crippen LogP) is 1.78. The summed E-state index contributed by atoms with van der Waals surface area (Å²) in [6.45, 7) is 4.93. The summed E-state index contributed by atoms with van der Waals surface area (Å²) in [5.41, 5.74) is 0.264. The Morgan fingerprint density at radius 3 is 2.15 bits per heavy atom. The zero-order valence-electron chi connectivity index (χ0n) is 9.14. The van der Waals surface area contributed by atoms with Crippen LogP contribution in [-0.4, -0.2) is 24.3 Å². The lowest BCUT2D eigenvalue weighted by Gasteiger charge is -2.38. The maximum absolute atomic E-state index is 9.02. The lowest BCUT2D eigenvalue weighted by atomic mass is 9.73. The molecule has 0 aromatic rings. The van der Waals surface area contributed by atoms with E-state index in [1.807, 2.05) is 7.05 Å². The molecule has 0 aromatic carbocycles. The third-order valence-electron chi connectivity index (χ3n) is 3.77. The van der Waals surface area contributed by atoms with Crippen LogP contribution >= 0.6 is 0 Å². The highest BCUT2D eigenvalue weighted by Crippen LogP contribution is 2.34.